The highest BCUT2D eigenvalue weighted by Gasteiger charge is 2.18. The second-order valence-corrected chi connectivity index (χ2v) is 15.2. The van der Waals surface area contributed by atoms with E-state index in [4.69, 9.17) is 6.42 Å². The molecule has 4 aromatic rings. The third-order valence-electron chi connectivity index (χ3n) is 11.0. The van der Waals surface area contributed by atoms with E-state index >= 15 is 0 Å². The molecule has 7 rings (SSSR count). The number of rotatable bonds is 14. The zero-order valence-corrected chi connectivity index (χ0v) is 34.5. The van der Waals surface area contributed by atoms with E-state index in [-0.39, 0.29) is 6.04 Å². The highest BCUT2D eigenvalue weighted by Crippen LogP contribution is 2.36. The van der Waals surface area contributed by atoms with Crippen molar-refractivity contribution in [3.8, 4) is 12.3 Å². The van der Waals surface area contributed by atoms with Crippen LogP contribution in [-0.4, -0.2) is 12.6 Å². The van der Waals surface area contributed by atoms with Gasteiger partial charge in [-0.3, -0.25) is 0 Å². The number of para-hydroxylation sites is 2. The number of benzene rings is 4. The van der Waals surface area contributed by atoms with Gasteiger partial charge in [-0.05, 0) is 114 Å². The van der Waals surface area contributed by atoms with Gasteiger partial charge >= 0.3 is 0 Å². The smallest absolute Gasteiger partial charge is 0.0514 e. The SMILES string of the molecule is C#CC/C=C(\C=C/CN(c1ccccc1)C1/C=C\C(=C)/C=C\C(N(c2ccccc2)c2ccc(C3=CC=C(CC=C)C3)cc2)=C/C/C=C/C1)C1=CC=C(c2ccccc2)C1. The number of terminal acetylenes is 1. The lowest BCUT2D eigenvalue weighted by molar-refractivity contribution is 0.728. The molecule has 2 heteroatoms. The van der Waals surface area contributed by atoms with E-state index in [1.807, 2.05) is 6.08 Å². The van der Waals surface area contributed by atoms with Crippen molar-refractivity contribution in [2.45, 2.75) is 44.6 Å². The zero-order valence-electron chi connectivity index (χ0n) is 34.5. The lowest BCUT2D eigenvalue weighted by atomic mass is 9.97. The average molecular weight is 779 g/mol. The van der Waals surface area contributed by atoms with Crippen LogP contribution in [0.4, 0.5) is 17.1 Å². The number of hydrogen-bond donors (Lipinski definition) is 0. The fourth-order valence-electron chi connectivity index (χ4n) is 7.89. The second kappa shape index (κ2) is 21.1. The fourth-order valence-corrected chi connectivity index (χ4v) is 7.89. The number of hydrogen-bond acceptors (Lipinski definition) is 2. The molecule has 1 unspecified atom stereocenters. The van der Waals surface area contributed by atoms with Crippen LogP contribution in [0.2, 0.25) is 0 Å². The highest BCUT2D eigenvalue weighted by atomic mass is 15.2. The van der Waals surface area contributed by atoms with Crippen LogP contribution < -0.4 is 9.80 Å². The van der Waals surface area contributed by atoms with Gasteiger partial charge in [-0.15, -0.1) is 18.9 Å². The summed E-state index contributed by atoms with van der Waals surface area (Å²) in [6.45, 7) is 9.14. The maximum Gasteiger partial charge on any atom is 0.0514 e. The standard InChI is InChI=1S/C58H54N2/c1-4-6-21-48(52-35-36-53(45-52)49-22-11-7-12-23-49)24-19-43-59(54-25-13-8-14-26-54)55-27-15-9-18-30-57(40-32-46(3)31-39-55)60(56-28-16-10-17-29-56)58-41-37-50(38-42-58)51-34-33-47(44-51)20-5-2/h1,5,7-17,19,21-26,28-42,55H,2-3,6,18,20,27,43-45H2/b15-9+,24-19-,39-31-,40-32-,48-21+,57-30+. The average Bonchev–Trinajstić information content (AvgIpc) is 3.98. The third-order valence-corrected chi connectivity index (χ3v) is 11.0. The molecule has 0 radical (unpaired) electrons. The van der Waals surface area contributed by atoms with E-state index in [1.54, 1.807) is 0 Å². The number of nitrogens with zero attached hydrogens (tertiary/aromatic N) is 2. The summed E-state index contributed by atoms with van der Waals surface area (Å²) in [4.78, 5) is 4.80. The Morgan fingerprint density at radius 2 is 1.38 bits per heavy atom. The van der Waals surface area contributed by atoms with Crippen molar-refractivity contribution < 1.29 is 0 Å². The minimum absolute atomic E-state index is 0.105. The van der Waals surface area contributed by atoms with E-state index in [9.17, 15) is 0 Å². The molecule has 4 aromatic carbocycles. The molecule has 0 amide bonds. The van der Waals surface area contributed by atoms with Crippen LogP contribution in [0.15, 0.2) is 248 Å². The van der Waals surface area contributed by atoms with Crippen molar-refractivity contribution in [1.29, 1.82) is 0 Å². The van der Waals surface area contributed by atoms with Crippen LogP contribution in [0, 0.1) is 12.3 Å². The second-order valence-electron chi connectivity index (χ2n) is 15.2. The third kappa shape index (κ3) is 10.9. The largest absolute Gasteiger partial charge is 0.361 e. The van der Waals surface area contributed by atoms with Crippen LogP contribution in [0.5, 0.6) is 0 Å². The predicted molar refractivity (Wildman–Crippen MR) is 260 cm³/mol. The van der Waals surface area contributed by atoms with Gasteiger partial charge in [-0.25, -0.2) is 0 Å². The van der Waals surface area contributed by atoms with Gasteiger partial charge in [0.15, 0.2) is 0 Å². The molecule has 0 aromatic heterocycles. The first kappa shape index (κ1) is 41.1. The molecule has 0 aliphatic heterocycles. The van der Waals surface area contributed by atoms with Gasteiger partial charge < -0.3 is 9.80 Å². The minimum atomic E-state index is 0.105. The molecule has 0 spiro atoms. The molecule has 0 saturated heterocycles. The molecule has 3 aliphatic rings. The highest BCUT2D eigenvalue weighted by molar-refractivity contribution is 5.77. The van der Waals surface area contributed by atoms with Crippen LogP contribution in [0.1, 0.15) is 49.7 Å². The summed E-state index contributed by atoms with van der Waals surface area (Å²) in [5.74, 6) is 2.81. The summed E-state index contributed by atoms with van der Waals surface area (Å²) in [5, 5.41) is 0. The molecule has 0 saturated carbocycles. The van der Waals surface area contributed by atoms with Gasteiger partial charge in [0.05, 0.1) is 6.04 Å². The van der Waals surface area contributed by atoms with Crippen LogP contribution >= 0.6 is 0 Å². The van der Waals surface area contributed by atoms with Gasteiger partial charge in [0.25, 0.3) is 0 Å². The number of anilines is 3. The molecular formula is C58H54N2. The first-order chi connectivity index (χ1) is 29.6. The molecule has 0 N–H and O–H groups in total. The first-order valence-electron chi connectivity index (χ1n) is 21.0. The molecule has 2 nitrogen and oxygen atoms in total. The van der Waals surface area contributed by atoms with E-state index in [1.165, 1.54) is 44.7 Å². The first-order valence-corrected chi connectivity index (χ1v) is 21.0. The van der Waals surface area contributed by atoms with Crippen molar-refractivity contribution in [3.63, 3.8) is 0 Å². The quantitative estimate of drug-likeness (QED) is 0.0715. The van der Waals surface area contributed by atoms with Gasteiger partial charge in [0, 0.05) is 35.7 Å². The van der Waals surface area contributed by atoms with Crippen molar-refractivity contribution >= 4 is 28.2 Å². The van der Waals surface area contributed by atoms with E-state index < -0.39 is 0 Å². The lowest BCUT2D eigenvalue weighted by Gasteiger charge is -2.31. The molecule has 0 fully saturated rings. The van der Waals surface area contributed by atoms with Gasteiger partial charge in [-0.2, -0.15) is 0 Å². The van der Waals surface area contributed by atoms with Gasteiger partial charge in [0.1, 0.15) is 0 Å². The fraction of sp³-hybridized carbons (Fsp3) is 0.138. The Bertz CT molecular complexity index is 2470. The van der Waals surface area contributed by atoms with Crippen LogP contribution in [0.3, 0.4) is 0 Å². The molecule has 60 heavy (non-hydrogen) atoms. The summed E-state index contributed by atoms with van der Waals surface area (Å²) in [7, 11) is 0. The molecular weight excluding hydrogens is 725 g/mol. The predicted octanol–water partition coefficient (Wildman–Crippen LogP) is 14.8. The van der Waals surface area contributed by atoms with Crippen molar-refractivity contribution in [2.24, 2.45) is 0 Å². The van der Waals surface area contributed by atoms with Crippen LogP contribution in [-0.2, 0) is 0 Å². The lowest BCUT2D eigenvalue weighted by Crippen LogP contribution is -2.34. The molecule has 296 valence electrons. The Kier molecular flexibility index (Phi) is 14.4. The molecule has 0 bridgehead atoms. The summed E-state index contributed by atoms with van der Waals surface area (Å²) < 4.78 is 0. The number of allylic oxidation sites excluding steroid dienone is 18. The Hall–Kier alpha value is -7.08. The van der Waals surface area contributed by atoms with Crippen LogP contribution in [0.25, 0.3) is 11.1 Å². The minimum Gasteiger partial charge on any atom is -0.361 e. The van der Waals surface area contributed by atoms with E-state index in [0.29, 0.717) is 6.42 Å². The Morgan fingerprint density at radius 1 is 0.717 bits per heavy atom. The monoisotopic (exact) mass is 778 g/mol. The van der Waals surface area contributed by atoms with Gasteiger partial charge in [0.2, 0.25) is 0 Å². The summed E-state index contributed by atoms with van der Waals surface area (Å²) in [6, 6.07) is 41.0. The summed E-state index contributed by atoms with van der Waals surface area (Å²) in [6.07, 6.45) is 44.1. The van der Waals surface area contributed by atoms with E-state index in [2.05, 4.69) is 229 Å². The van der Waals surface area contributed by atoms with E-state index in [0.717, 1.165) is 61.3 Å². The van der Waals surface area contributed by atoms with Crippen molar-refractivity contribution in [1.82, 2.24) is 0 Å². The Morgan fingerprint density at radius 3 is 2.12 bits per heavy atom. The topological polar surface area (TPSA) is 6.48 Å². The molecule has 0 heterocycles. The molecule has 3 aliphatic carbocycles. The Labute approximate surface area is 358 Å². The van der Waals surface area contributed by atoms with Gasteiger partial charge in [-0.1, -0.05) is 176 Å². The normalized spacial score (nSPS) is 19.3. The molecule has 1 atom stereocenters. The maximum atomic E-state index is 5.74. The maximum absolute atomic E-state index is 5.74. The summed E-state index contributed by atoms with van der Waals surface area (Å²) >= 11 is 0. The van der Waals surface area contributed by atoms with Crippen molar-refractivity contribution in [2.75, 3.05) is 16.3 Å². The zero-order chi connectivity index (χ0) is 41.4. The Balaban J connectivity index is 1.10. The summed E-state index contributed by atoms with van der Waals surface area (Å²) in [5.41, 5.74) is 14.5. The van der Waals surface area contributed by atoms with Crippen molar-refractivity contribution in [3.05, 3.63) is 259 Å².